The highest BCUT2D eigenvalue weighted by Gasteiger charge is 2.30. The highest BCUT2D eigenvalue weighted by Crippen LogP contribution is 2.30. The molecule has 8 nitrogen and oxygen atoms in total. The van der Waals surface area contributed by atoms with E-state index < -0.39 is 41.3 Å². The summed E-state index contributed by atoms with van der Waals surface area (Å²) in [6.45, 7) is 0.512. The maximum Gasteiger partial charge on any atom is 0.416 e. The summed E-state index contributed by atoms with van der Waals surface area (Å²) in [6.07, 6.45) is -5.91. The van der Waals surface area contributed by atoms with Crippen LogP contribution in [0.3, 0.4) is 0 Å². The van der Waals surface area contributed by atoms with Crippen LogP contribution in [-0.4, -0.2) is 29.5 Å². The molecule has 0 unspecified atom stereocenters. The molecule has 0 fully saturated rings. The minimum absolute atomic E-state index is 0.121. The predicted octanol–water partition coefficient (Wildman–Crippen LogP) is 3.56. The normalized spacial score (nSPS) is 12.0. The minimum atomic E-state index is -4.57. The lowest BCUT2D eigenvalue weighted by Crippen LogP contribution is -2.31. The third kappa shape index (κ3) is 6.19. The molecule has 154 valence electrons. The van der Waals surface area contributed by atoms with Gasteiger partial charge in [0.15, 0.2) is 18.5 Å². The highest BCUT2D eigenvalue weighted by atomic mass is 19.4. The van der Waals surface area contributed by atoms with E-state index in [9.17, 15) is 32.9 Å². The van der Waals surface area contributed by atoms with E-state index in [1.165, 1.54) is 37.3 Å². The number of para-hydroxylation sites is 2. The van der Waals surface area contributed by atoms with Gasteiger partial charge in [-0.25, -0.2) is 4.79 Å². The van der Waals surface area contributed by atoms with E-state index >= 15 is 0 Å². The van der Waals surface area contributed by atoms with Crippen molar-refractivity contribution in [3.05, 3.63) is 64.2 Å². The van der Waals surface area contributed by atoms with Crippen LogP contribution in [0.1, 0.15) is 12.5 Å². The van der Waals surface area contributed by atoms with Crippen LogP contribution in [0.5, 0.6) is 5.75 Å². The van der Waals surface area contributed by atoms with Crippen molar-refractivity contribution in [1.82, 2.24) is 0 Å². The zero-order chi connectivity index (χ0) is 21.6. The molecule has 0 radical (unpaired) electrons. The summed E-state index contributed by atoms with van der Waals surface area (Å²) in [6, 6.07) is 9.32. The molecule has 2 rings (SSSR count). The third-order valence-electron chi connectivity index (χ3n) is 3.54. The Bertz CT molecular complexity index is 916. The zero-order valence-electron chi connectivity index (χ0n) is 14.9. The summed E-state index contributed by atoms with van der Waals surface area (Å²) in [4.78, 5) is 34.0. The van der Waals surface area contributed by atoms with E-state index in [4.69, 9.17) is 9.47 Å². The lowest BCUT2D eigenvalue weighted by Gasteiger charge is -2.15. The van der Waals surface area contributed by atoms with Crippen molar-refractivity contribution in [2.75, 3.05) is 11.9 Å². The first-order chi connectivity index (χ1) is 13.6. The van der Waals surface area contributed by atoms with Crippen molar-refractivity contribution in [3.63, 3.8) is 0 Å². The summed E-state index contributed by atoms with van der Waals surface area (Å²) < 4.78 is 48.0. The number of hydrogen-bond acceptors (Lipinski definition) is 6. The number of benzene rings is 2. The van der Waals surface area contributed by atoms with Crippen molar-refractivity contribution in [3.8, 4) is 5.75 Å². The van der Waals surface area contributed by atoms with Gasteiger partial charge in [0.2, 0.25) is 0 Å². The van der Waals surface area contributed by atoms with Gasteiger partial charge in [-0.3, -0.25) is 14.9 Å². The van der Waals surface area contributed by atoms with Gasteiger partial charge in [0.1, 0.15) is 0 Å². The molecule has 2 aromatic rings. The van der Waals surface area contributed by atoms with Gasteiger partial charge in [-0.1, -0.05) is 18.2 Å². The fourth-order valence-corrected chi connectivity index (χ4v) is 2.17. The zero-order valence-corrected chi connectivity index (χ0v) is 14.9. The molecule has 0 aromatic heterocycles. The fourth-order valence-electron chi connectivity index (χ4n) is 2.17. The molecule has 0 spiro atoms. The van der Waals surface area contributed by atoms with Gasteiger partial charge in [-0.05, 0) is 31.2 Å². The largest absolute Gasteiger partial charge is 0.475 e. The number of carbonyl (C=O) groups excluding carboxylic acids is 2. The number of nitrogens with one attached hydrogen (secondary N) is 1. The number of nitro groups is 1. The van der Waals surface area contributed by atoms with Crippen molar-refractivity contribution in [2.45, 2.75) is 19.2 Å². The van der Waals surface area contributed by atoms with Gasteiger partial charge in [0, 0.05) is 11.8 Å². The molecule has 0 aliphatic rings. The topological polar surface area (TPSA) is 108 Å². The summed E-state index contributed by atoms with van der Waals surface area (Å²) in [5.74, 6) is -2.01. The Morgan fingerprint density at radius 1 is 1.17 bits per heavy atom. The Balaban J connectivity index is 1.91. The number of alkyl halides is 3. The Morgan fingerprint density at radius 2 is 1.86 bits per heavy atom. The predicted molar refractivity (Wildman–Crippen MR) is 94.2 cm³/mol. The number of nitrogens with zero attached hydrogens (tertiary/aromatic N) is 1. The van der Waals surface area contributed by atoms with Crippen LogP contribution in [0.15, 0.2) is 48.5 Å². The Morgan fingerprint density at radius 3 is 2.52 bits per heavy atom. The first kappa shape index (κ1) is 21.7. The number of ether oxygens (including phenoxy) is 2. The summed E-state index contributed by atoms with van der Waals surface area (Å²) in [5.41, 5.74) is -1.42. The molecule has 0 saturated heterocycles. The smallest absolute Gasteiger partial charge is 0.416 e. The van der Waals surface area contributed by atoms with E-state index in [0.717, 1.165) is 18.2 Å². The van der Waals surface area contributed by atoms with E-state index in [1.54, 1.807) is 0 Å². The quantitative estimate of drug-likeness (QED) is 0.423. The van der Waals surface area contributed by atoms with E-state index in [1.807, 2.05) is 0 Å². The second-order valence-corrected chi connectivity index (χ2v) is 5.71. The van der Waals surface area contributed by atoms with Gasteiger partial charge in [0.05, 0.1) is 10.5 Å². The first-order valence-electron chi connectivity index (χ1n) is 8.11. The number of amides is 1. The Kier molecular flexibility index (Phi) is 6.75. The van der Waals surface area contributed by atoms with Crippen molar-refractivity contribution >= 4 is 23.3 Å². The van der Waals surface area contributed by atoms with Crippen molar-refractivity contribution in [2.24, 2.45) is 0 Å². The number of halogens is 3. The van der Waals surface area contributed by atoms with Gasteiger partial charge in [0.25, 0.3) is 5.91 Å². The molecular weight excluding hydrogens is 397 g/mol. The van der Waals surface area contributed by atoms with Gasteiger partial charge in [-0.2, -0.15) is 13.2 Å². The average Bonchev–Trinajstić information content (AvgIpc) is 2.66. The van der Waals surface area contributed by atoms with Crippen LogP contribution >= 0.6 is 0 Å². The van der Waals surface area contributed by atoms with E-state index in [-0.39, 0.29) is 17.1 Å². The van der Waals surface area contributed by atoms with Crippen LogP contribution in [0.25, 0.3) is 0 Å². The summed E-state index contributed by atoms with van der Waals surface area (Å²) in [7, 11) is 0. The monoisotopic (exact) mass is 412 g/mol. The molecule has 1 atom stereocenters. The van der Waals surface area contributed by atoms with Crippen LogP contribution in [0.2, 0.25) is 0 Å². The summed E-state index contributed by atoms with van der Waals surface area (Å²) >= 11 is 0. The van der Waals surface area contributed by atoms with Crippen LogP contribution in [-0.2, 0) is 20.5 Å². The van der Waals surface area contributed by atoms with Crippen molar-refractivity contribution in [1.29, 1.82) is 0 Å². The average molecular weight is 412 g/mol. The SMILES string of the molecule is C[C@H](OC(=O)COc1ccccc1[N+](=O)[O-])C(=O)Nc1cccc(C(F)(F)F)c1. The molecule has 0 bridgehead atoms. The molecule has 29 heavy (non-hydrogen) atoms. The van der Waals surface area contributed by atoms with Gasteiger partial charge >= 0.3 is 17.8 Å². The molecule has 0 saturated carbocycles. The lowest BCUT2D eigenvalue weighted by molar-refractivity contribution is -0.385. The number of rotatable bonds is 7. The molecule has 1 N–H and O–H groups in total. The van der Waals surface area contributed by atoms with E-state index in [2.05, 4.69) is 5.32 Å². The fraction of sp³-hybridized carbons (Fsp3) is 0.222. The molecule has 0 aliphatic carbocycles. The van der Waals surface area contributed by atoms with Gasteiger partial charge < -0.3 is 14.8 Å². The number of esters is 1. The minimum Gasteiger partial charge on any atom is -0.475 e. The molecule has 0 aliphatic heterocycles. The Labute approximate surface area is 162 Å². The number of nitro benzene ring substituents is 1. The van der Waals surface area contributed by atoms with Crippen LogP contribution < -0.4 is 10.1 Å². The molecule has 0 heterocycles. The van der Waals surface area contributed by atoms with E-state index in [0.29, 0.717) is 0 Å². The van der Waals surface area contributed by atoms with Crippen LogP contribution in [0, 0.1) is 10.1 Å². The highest BCUT2D eigenvalue weighted by molar-refractivity contribution is 5.95. The molecule has 11 heteroatoms. The second kappa shape index (κ2) is 9.04. The molecule has 2 aromatic carbocycles. The standard InChI is InChI=1S/C18H15F3N2O6/c1-11(17(25)22-13-6-4-5-12(9-13)18(19,20)21)29-16(24)10-28-15-8-3-2-7-14(15)23(26)27/h2-9,11H,10H2,1H3,(H,22,25)/t11-/m0/s1. The van der Waals surface area contributed by atoms with Crippen LogP contribution in [0.4, 0.5) is 24.5 Å². The number of hydrogen-bond donors (Lipinski definition) is 1. The van der Waals surface area contributed by atoms with Gasteiger partial charge in [-0.15, -0.1) is 0 Å². The first-order valence-corrected chi connectivity index (χ1v) is 8.11. The maximum absolute atomic E-state index is 12.7. The summed E-state index contributed by atoms with van der Waals surface area (Å²) in [5, 5.41) is 13.1. The molecule has 1 amide bonds. The second-order valence-electron chi connectivity index (χ2n) is 5.71. The number of anilines is 1. The van der Waals surface area contributed by atoms with Crippen molar-refractivity contribution < 1.29 is 37.2 Å². The number of carbonyl (C=O) groups is 2. The maximum atomic E-state index is 12.7. The third-order valence-corrected chi connectivity index (χ3v) is 3.54. The molecular formula is C18H15F3N2O6. The Hall–Kier alpha value is -3.63. The lowest BCUT2D eigenvalue weighted by atomic mass is 10.2.